The number of carboxylic acid groups (broad SMARTS) is 1. The number of ether oxygens (including phenoxy) is 1. The van der Waals surface area contributed by atoms with Gasteiger partial charge in [-0.1, -0.05) is 42.2 Å². The van der Waals surface area contributed by atoms with Crippen LogP contribution in [0.2, 0.25) is 0 Å². The molecule has 176 valence electrons. The van der Waals surface area contributed by atoms with Crippen molar-refractivity contribution >= 4 is 32.6 Å². The number of anilines is 1. The van der Waals surface area contributed by atoms with Gasteiger partial charge in [-0.3, -0.25) is 9.71 Å². The number of benzene rings is 3. The average molecular weight is 487 g/mol. The Morgan fingerprint density at radius 2 is 1.71 bits per heavy atom. The first-order valence-electron chi connectivity index (χ1n) is 10.6. The number of aromatic nitrogens is 1. The number of aryl methyl sites for hydroxylation is 2. The fourth-order valence-corrected chi connectivity index (χ4v) is 5.22. The van der Waals surface area contributed by atoms with E-state index in [0.29, 0.717) is 33.5 Å². The molecule has 0 saturated heterocycles. The van der Waals surface area contributed by atoms with Crippen molar-refractivity contribution in [2.24, 2.45) is 0 Å². The largest absolute Gasteiger partial charge is 0.496 e. The van der Waals surface area contributed by atoms with Gasteiger partial charge in [-0.25, -0.2) is 13.2 Å². The number of fused-ring (bicyclic) bond motifs is 1. The summed E-state index contributed by atoms with van der Waals surface area (Å²) in [5.41, 5.74) is 3.02. The molecular formula is C27H22N2O5S. The fourth-order valence-electron chi connectivity index (χ4n) is 3.73. The number of para-hydroxylation sites is 1. The van der Waals surface area contributed by atoms with Crippen molar-refractivity contribution in [2.45, 2.75) is 18.7 Å². The summed E-state index contributed by atoms with van der Waals surface area (Å²) in [6.45, 7) is 3.48. The molecule has 4 rings (SSSR count). The van der Waals surface area contributed by atoms with Crippen molar-refractivity contribution in [1.82, 2.24) is 4.98 Å². The van der Waals surface area contributed by atoms with Crippen LogP contribution in [-0.4, -0.2) is 31.6 Å². The molecule has 0 spiro atoms. The van der Waals surface area contributed by atoms with Gasteiger partial charge in [-0.05, 0) is 55.3 Å². The lowest BCUT2D eigenvalue weighted by Crippen LogP contribution is -2.16. The molecule has 2 N–H and O–H groups in total. The van der Waals surface area contributed by atoms with Gasteiger partial charge in [0.2, 0.25) is 0 Å². The zero-order valence-corrected chi connectivity index (χ0v) is 20.1. The van der Waals surface area contributed by atoms with Gasteiger partial charge in [0.05, 0.1) is 18.3 Å². The monoisotopic (exact) mass is 486 g/mol. The van der Waals surface area contributed by atoms with E-state index in [1.807, 2.05) is 12.1 Å². The number of sulfonamides is 1. The van der Waals surface area contributed by atoms with E-state index in [1.54, 1.807) is 62.5 Å². The van der Waals surface area contributed by atoms with Crippen LogP contribution in [-0.2, 0) is 10.0 Å². The van der Waals surface area contributed by atoms with Crippen molar-refractivity contribution in [1.29, 1.82) is 0 Å². The molecule has 3 aromatic carbocycles. The van der Waals surface area contributed by atoms with Crippen molar-refractivity contribution in [3.8, 4) is 17.6 Å². The molecule has 0 amide bonds. The van der Waals surface area contributed by atoms with Gasteiger partial charge in [0.15, 0.2) is 0 Å². The minimum Gasteiger partial charge on any atom is -0.496 e. The topological polar surface area (TPSA) is 106 Å². The second-order valence-corrected chi connectivity index (χ2v) is 9.48. The van der Waals surface area contributed by atoms with Gasteiger partial charge >= 0.3 is 5.97 Å². The number of hydrogen-bond acceptors (Lipinski definition) is 5. The Labute approximate surface area is 203 Å². The Balaban J connectivity index is 1.75. The number of methoxy groups -OCH3 is 1. The molecule has 0 fully saturated rings. The summed E-state index contributed by atoms with van der Waals surface area (Å²) in [7, 11) is -2.58. The van der Waals surface area contributed by atoms with Crippen molar-refractivity contribution in [2.75, 3.05) is 11.8 Å². The van der Waals surface area contributed by atoms with Crippen LogP contribution < -0.4 is 9.46 Å². The molecule has 0 aliphatic heterocycles. The highest BCUT2D eigenvalue weighted by Gasteiger charge is 2.22. The van der Waals surface area contributed by atoms with Crippen LogP contribution in [0.15, 0.2) is 71.8 Å². The Bertz CT molecular complexity index is 1630. The van der Waals surface area contributed by atoms with Gasteiger partial charge in [0.25, 0.3) is 10.0 Å². The number of nitrogens with zero attached hydrogens (tertiary/aromatic N) is 1. The van der Waals surface area contributed by atoms with Gasteiger partial charge < -0.3 is 9.84 Å². The molecule has 7 nitrogen and oxygen atoms in total. The Kier molecular flexibility index (Phi) is 6.45. The number of rotatable bonds is 5. The van der Waals surface area contributed by atoms with E-state index in [9.17, 15) is 18.3 Å². The summed E-state index contributed by atoms with van der Waals surface area (Å²) in [6.07, 6.45) is 1.56. The third kappa shape index (κ3) is 4.81. The van der Waals surface area contributed by atoms with Crippen LogP contribution in [0.4, 0.5) is 5.69 Å². The molecule has 4 aromatic rings. The zero-order chi connectivity index (χ0) is 25.2. The molecule has 35 heavy (non-hydrogen) atoms. The minimum atomic E-state index is -3.98. The summed E-state index contributed by atoms with van der Waals surface area (Å²) < 4.78 is 34.7. The molecule has 0 radical (unpaired) electrons. The predicted molar refractivity (Wildman–Crippen MR) is 134 cm³/mol. The highest BCUT2D eigenvalue weighted by atomic mass is 32.2. The van der Waals surface area contributed by atoms with E-state index >= 15 is 0 Å². The van der Waals surface area contributed by atoms with Crippen LogP contribution in [0.25, 0.3) is 10.9 Å². The van der Waals surface area contributed by atoms with E-state index in [4.69, 9.17) is 4.74 Å². The van der Waals surface area contributed by atoms with E-state index in [1.165, 1.54) is 13.2 Å². The Morgan fingerprint density at radius 1 is 0.971 bits per heavy atom. The van der Waals surface area contributed by atoms with Crippen molar-refractivity contribution < 1.29 is 23.1 Å². The molecule has 0 unspecified atom stereocenters. The van der Waals surface area contributed by atoms with Crippen molar-refractivity contribution in [3.63, 3.8) is 0 Å². The first-order chi connectivity index (χ1) is 16.7. The molecule has 0 bridgehead atoms. The quantitative estimate of drug-likeness (QED) is 0.394. The molecule has 0 saturated carbocycles. The first kappa shape index (κ1) is 23.8. The summed E-state index contributed by atoms with van der Waals surface area (Å²) in [6, 6.07) is 17.0. The van der Waals surface area contributed by atoms with E-state index in [0.717, 1.165) is 5.39 Å². The standard InChI is InChI=1S/C27H22N2O5S/c1-17-10-11-20-8-6-14-28-25(20)26(17)35(32,33)29-23-9-5-4-7-19(23)12-13-21-16-24(34-3)22(27(30)31)15-18(21)2/h4-11,14-16,29H,1-3H3,(H,30,31). The van der Waals surface area contributed by atoms with Gasteiger partial charge in [0.1, 0.15) is 16.2 Å². The third-order valence-corrected chi connectivity index (χ3v) is 7.02. The average Bonchev–Trinajstić information content (AvgIpc) is 2.83. The minimum absolute atomic E-state index is 0.0442. The zero-order valence-electron chi connectivity index (χ0n) is 19.3. The Morgan fingerprint density at radius 3 is 2.46 bits per heavy atom. The molecule has 1 aromatic heterocycles. The molecule has 0 aliphatic rings. The SMILES string of the molecule is COc1cc(C#Cc2ccccc2NS(=O)(=O)c2c(C)ccc3cccnc23)c(C)cc1C(=O)O. The number of carbonyl (C=O) groups is 1. The van der Waals surface area contributed by atoms with Gasteiger partial charge in [0, 0.05) is 22.7 Å². The molecule has 1 heterocycles. The lowest BCUT2D eigenvalue weighted by molar-refractivity contribution is 0.0693. The van der Waals surface area contributed by atoms with Crippen LogP contribution >= 0.6 is 0 Å². The predicted octanol–water partition coefficient (Wildman–Crippen LogP) is 4.76. The van der Waals surface area contributed by atoms with Crippen LogP contribution in [0, 0.1) is 25.7 Å². The third-order valence-electron chi connectivity index (χ3n) is 5.47. The molecule has 0 aliphatic carbocycles. The number of aromatic carboxylic acids is 1. The maximum Gasteiger partial charge on any atom is 0.339 e. The second kappa shape index (κ2) is 9.49. The molecular weight excluding hydrogens is 464 g/mol. The summed E-state index contributed by atoms with van der Waals surface area (Å²) >= 11 is 0. The highest BCUT2D eigenvalue weighted by molar-refractivity contribution is 7.93. The summed E-state index contributed by atoms with van der Waals surface area (Å²) in [5, 5.41) is 10.1. The maximum atomic E-state index is 13.4. The van der Waals surface area contributed by atoms with E-state index in [2.05, 4.69) is 21.5 Å². The number of pyridine rings is 1. The van der Waals surface area contributed by atoms with E-state index in [-0.39, 0.29) is 16.2 Å². The summed E-state index contributed by atoms with van der Waals surface area (Å²) in [5.74, 6) is 5.11. The van der Waals surface area contributed by atoms with Gasteiger partial charge in [-0.15, -0.1) is 0 Å². The Hall–Kier alpha value is -4.35. The van der Waals surface area contributed by atoms with Crippen LogP contribution in [0.5, 0.6) is 5.75 Å². The molecule has 8 heteroatoms. The number of carboxylic acids is 1. The molecule has 0 atom stereocenters. The lowest BCUT2D eigenvalue weighted by atomic mass is 10.0. The maximum absolute atomic E-state index is 13.4. The smallest absolute Gasteiger partial charge is 0.339 e. The van der Waals surface area contributed by atoms with Crippen LogP contribution in [0.3, 0.4) is 0 Å². The van der Waals surface area contributed by atoms with Gasteiger partial charge in [-0.2, -0.15) is 0 Å². The summed E-state index contributed by atoms with van der Waals surface area (Å²) in [4.78, 5) is 15.8. The van der Waals surface area contributed by atoms with E-state index < -0.39 is 16.0 Å². The number of hydrogen-bond donors (Lipinski definition) is 2. The highest BCUT2D eigenvalue weighted by Crippen LogP contribution is 2.28. The van der Waals surface area contributed by atoms with Crippen molar-refractivity contribution in [3.05, 3.63) is 94.7 Å². The lowest BCUT2D eigenvalue weighted by Gasteiger charge is -2.13. The normalized spacial score (nSPS) is 10.9. The fraction of sp³-hybridized carbons (Fsp3) is 0.111. The first-order valence-corrected chi connectivity index (χ1v) is 12.1. The van der Waals surface area contributed by atoms with Crippen LogP contribution in [0.1, 0.15) is 32.6 Å². The number of nitrogens with one attached hydrogen (secondary N) is 1. The second-order valence-electron chi connectivity index (χ2n) is 7.86.